The molecule has 0 bridgehead atoms. The maximum Gasteiger partial charge on any atom is 0.268 e. The smallest absolute Gasteiger partial charge is 0.268 e. The number of nitrogens with one attached hydrogen (secondary N) is 1. The van der Waals surface area contributed by atoms with E-state index in [2.05, 4.69) is 16.9 Å². The van der Waals surface area contributed by atoms with Crippen LogP contribution in [0.15, 0.2) is 33.9 Å². The first kappa shape index (κ1) is 14.8. The fourth-order valence-electron chi connectivity index (χ4n) is 1.97. The molecule has 2 N–H and O–H groups in total. The second kappa shape index (κ2) is 6.25. The van der Waals surface area contributed by atoms with E-state index in [9.17, 15) is 9.59 Å². The topological polar surface area (TPSA) is 75.1 Å². The van der Waals surface area contributed by atoms with Gasteiger partial charge in [-0.2, -0.15) is 0 Å². The maximum absolute atomic E-state index is 12.1. The van der Waals surface area contributed by atoms with E-state index < -0.39 is 0 Å². The number of nitrogens with zero attached hydrogens (tertiary/aromatic N) is 1. The summed E-state index contributed by atoms with van der Waals surface area (Å²) in [6, 6.07) is 7.31. The number of hydrogen-bond donors (Lipinski definition) is 2. The fraction of sp³-hybridized carbons (Fsp3) is 0.250. The summed E-state index contributed by atoms with van der Waals surface area (Å²) < 4.78 is 1.29. The van der Waals surface area contributed by atoms with Crippen LogP contribution in [-0.4, -0.2) is 21.5 Å². The zero-order valence-electron chi connectivity index (χ0n) is 11.9. The van der Waals surface area contributed by atoms with E-state index in [1.807, 2.05) is 24.3 Å². The molecule has 1 heterocycles. The second-order valence-electron chi connectivity index (χ2n) is 4.74. The molecule has 0 radical (unpaired) electrons. The van der Waals surface area contributed by atoms with Crippen molar-refractivity contribution in [2.45, 2.75) is 20.4 Å². The predicted molar refractivity (Wildman–Crippen MR) is 80.3 cm³/mol. The van der Waals surface area contributed by atoms with Crippen LogP contribution < -0.4 is 11.1 Å². The highest BCUT2D eigenvalue weighted by atomic mass is 16.2. The summed E-state index contributed by atoms with van der Waals surface area (Å²) in [5, 5.41) is 11.3. The average molecular weight is 284 g/mol. The van der Waals surface area contributed by atoms with Crippen molar-refractivity contribution in [1.82, 2.24) is 9.78 Å². The average Bonchev–Trinajstić information content (AvgIpc) is 2.49. The van der Waals surface area contributed by atoms with Crippen molar-refractivity contribution in [3.8, 4) is 11.8 Å². The minimum absolute atomic E-state index is 0.200. The SMILES string of the molecule is Cc1c(C)c(=O)n(Cc2cccc(C#CCO)c2)[nH]c1=O. The molecule has 0 saturated carbocycles. The van der Waals surface area contributed by atoms with Crippen molar-refractivity contribution in [2.24, 2.45) is 0 Å². The number of aliphatic hydroxyl groups is 1. The number of aromatic amines is 1. The summed E-state index contributed by atoms with van der Waals surface area (Å²) in [6.45, 7) is 3.34. The van der Waals surface area contributed by atoms with Crippen molar-refractivity contribution >= 4 is 0 Å². The van der Waals surface area contributed by atoms with Crippen molar-refractivity contribution in [3.05, 3.63) is 67.2 Å². The molecule has 2 rings (SSSR count). The van der Waals surface area contributed by atoms with Crippen LogP contribution in [0.1, 0.15) is 22.3 Å². The molecule has 21 heavy (non-hydrogen) atoms. The Morgan fingerprint density at radius 2 is 2.00 bits per heavy atom. The van der Waals surface area contributed by atoms with E-state index >= 15 is 0 Å². The van der Waals surface area contributed by atoms with Crippen LogP contribution in [-0.2, 0) is 6.54 Å². The Morgan fingerprint density at radius 3 is 2.71 bits per heavy atom. The summed E-state index contributed by atoms with van der Waals surface area (Å²) >= 11 is 0. The van der Waals surface area contributed by atoms with Gasteiger partial charge in [0.2, 0.25) is 0 Å². The lowest BCUT2D eigenvalue weighted by Crippen LogP contribution is -2.33. The number of aliphatic hydroxyl groups excluding tert-OH is 1. The molecule has 1 aromatic carbocycles. The van der Waals surface area contributed by atoms with Gasteiger partial charge < -0.3 is 5.11 Å². The fourth-order valence-corrected chi connectivity index (χ4v) is 1.97. The van der Waals surface area contributed by atoms with Gasteiger partial charge in [-0.25, -0.2) is 4.68 Å². The van der Waals surface area contributed by atoms with Gasteiger partial charge in [0.25, 0.3) is 11.1 Å². The first-order valence-electron chi connectivity index (χ1n) is 6.52. The third-order valence-corrected chi connectivity index (χ3v) is 3.29. The maximum atomic E-state index is 12.1. The number of rotatable bonds is 2. The minimum Gasteiger partial charge on any atom is -0.384 e. The van der Waals surface area contributed by atoms with E-state index in [-0.39, 0.29) is 24.3 Å². The van der Waals surface area contributed by atoms with Crippen molar-refractivity contribution in [1.29, 1.82) is 0 Å². The van der Waals surface area contributed by atoms with Crippen molar-refractivity contribution in [2.75, 3.05) is 6.61 Å². The van der Waals surface area contributed by atoms with Crippen molar-refractivity contribution in [3.63, 3.8) is 0 Å². The molecule has 0 aliphatic rings. The Balaban J connectivity index is 2.39. The number of hydrogen-bond acceptors (Lipinski definition) is 3. The highest BCUT2D eigenvalue weighted by Gasteiger charge is 2.07. The summed E-state index contributed by atoms with van der Waals surface area (Å²) in [5.74, 6) is 5.38. The molecule has 1 aromatic heterocycles. The number of benzene rings is 1. The third kappa shape index (κ3) is 3.30. The molecule has 108 valence electrons. The molecule has 0 aliphatic heterocycles. The van der Waals surface area contributed by atoms with Gasteiger partial charge in [0.1, 0.15) is 6.61 Å². The standard InChI is InChI=1S/C16H16N2O3/c1-11-12(2)16(21)18(17-15(11)20)10-14-6-3-5-13(9-14)7-4-8-19/h3,5-6,9,19H,8,10H2,1-2H3,(H,17,20). The van der Waals surface area contributed by atoms with Gasteiger partial charge in [-0.1, -0.05) is 24.0 Å². The van der Waals surface area contributed by atoms with E-state index in [4.69, 9.17) is 5.11 Å². The number of aromatic nitrogens is 2. The molecule has 0 fully saturated rings. The Bertz CT molecular complexity index is 835. The molecular weight excluding hydrogens is 268 g/mol. The first-order valence-corrected chi connectivity index (χ1v) is 6.52. The third-order valence-electron chi connectivity index (χ3n) is 3.29. The quantitative estimate of drug-likeness (QED) is 0.791. The normalized spacial score (nSPS) is 10.0. The lowest BCUT2D eigenvalue weighted by atomic mass is 10.1. The first-order chi connectivity index (χ1) is 10.0. The largest absolute Gasteiger partial charge is 0.384 e. The van der Waals surface area contributed by atoms with Crippen LogP contribution >= 0.6 is 0 Å². The Labute approximate surface area is 121 Å². The van der Waals surface area contributed by atoms with Gasteiger partial charge in [0, 0.05) is 16.7 Å². The molecule has 5 heteroatoms. The zero-order chi connectivity index (χ0) is 15.4. The Morgan fingerprint density at radius 1 is 1.24 bits per heavy atom. The van der Waals surface area contributed by atoms with Gasteiger partial charge in [0.05, 0.1) is 6.54 Å². The van der Waals surface area contributed by atoms with Crippen molar-refractivity contribution < 1.29 is 5.11 Å². The van der Waals surface area contributed by atoms with Gasteiger partial charge >= 0.3 is 0 Å². The number of H-pyrrole nitrogens is 1. The minimum atomic E-state index is -0.261. The van der Waals surface area contributed by atoms with E-state index in [1.165, 1.54) is 4.68 Å². The second-order valence-corrected chi connectivity index (χ2v) is 4.74. The van der Waals surface area contributed by atoms with Crippen LogP contribution in [0.5, 0.6) is 0 Å². The Hall–Kier alpha value is -2.58. The van der Waals surface area contributed by atoms with E-state index in [0.29, 0.717) is 11.1 Å². The monoisotopic (exact) mass is 284 g/mol. The molecule has 0 atom stereocenters. The summed E-state index contributed by atoms with van der Waals surface area (Å²) in [4.78, 5) is 23.9. The molecular formula is C16H16N2O3. The predicted octanol–water partition coefficient (Wildman–Crippen LogP) is 0.546. The van der Waals surface area contributed by atoms with Gasteiger partial charge in [-0.3, -0.25) is 14.7 Å². The molecule has 0 spiro atoms. The van der Waals surface area contributed by atoms with Crippen LogP contribution in [0.25, 0.3) is 0 Å². The van der Waals surface area contributed by atoms with E-state index in [0.717, 1.165) is 11.1 Å². The molecule has 0 unspecified atom stereocenters. The zero-order valence-corrected chi connectivity index (χ0v) is 11.9. The molecule has 0 saturated heterocycles. The summed E-state index contributed by atoms with van der Waals surface area (Å²) in [7, 11) is 0. The van der Waals surface area contributed by atoms with E-state index in [1.54, 1.807) is 13.8 Å². The van der Waals surface area contributed by atoms with Gasteiger partial charge in [-0.15, -0.1) is 0 Å². The highest BCUT2D eigenvalue weighted by Crippen LogP contribution is 2.05. The van der Waals surface area contributed by atoms with Gasteiger partial charge in [-0.05, 0) is 31.5 Å². The lowest BCUT2D eigenvalue weighted by molar-refractivity contribution is 0.350. The van der Waals surface area contributed by atoms with Crippen LogP contribution in [0.4, 0.5) is 0 Å². The van der Waals surface area contributed by atoms with Crippen LogP contribution in [0, 0.1) is 25.7 Å². The lowest BCUT2D eigenvalue weighted by Gasteiger charge is -2.08. The van der Waals surface area contributed by atoms with Crippen LogP contribution in [0.2, 0.25) is 0 Å². The highest BCUT2D eigenvalue weighted by molar-refractivity contribution is 5.37. The van der Waals surface area contributed by atoms with Gasteiger partial charge in [0.15, 0.2) is 0 Å². The molecule has 0 amide bonds. The van der Waals surface area contributed by atoms with Crippen LogP contribution in [0.3, 0.4) is 0 Å². The summed E-state index contributed by atoms with van der Waals surface area (Å²) in [5.41, 5.74) is 2.03. The molecule has 2 aromatic rings. The molecule has 0 aliphatic carbocycles. The summed E-state index contributed by atoms with van der Waals surface area (Å²) in [6.07, 6.45) is 0. The molecule has 5 nitrogen and oxygen atoms in total. The Kier molecular flexibility index (Phi) is 4.41.